The van der Waals surface area contributed by atoms with Crippen LogP contribution in [0.25, 0.3) is 0 Å². The van der Waals surface area contributed by atoms with Crippen LogP contribution in [0.4, 0.5) is 0 Å². The molecule has 0 bridgehead atoms. The van der Waals surface area contributed by atoms with Crippen molar-refractivity contribution >= 4 is 0 Å². The number of rotatable bonds is 5. The summed E-state index contributed by atoms with van der Waals surface area (Å²) in [4.78, 5) is 9.26. The molecule has 2 nitrogen and oxygen atoms in total. The molecular formula is C23H32N2. The van der Waals surface area contributed by atoms with Crippen LogP contribution >= 0.6 is 0 Å². The second-order valence-electron chi connectivity index (χ2n) is 7.97. The van der Waals surface area contributed by atoms with Gasteiger partial charge in [-0.3, -0.25) is 0 Å². The molecule has 1 aromatic carbocycles. The Kier molecular flexibility index (Phi) is 5.88. The third kappa shape index (κ3) is 4.68. The van der Waals surface area contributed by atoms with E-state index in [4.69, 9.17) is 0 Å². The first-order chi connectivity index (χ1) is 12.0. The van der Waals surface area contributed by atoms with Crippen LogP contribution in [-0.4, -0.2) is 9.97 Å². The summed E-state index contributed by atoms with van der Waals surface area (Å²) >= 11 is 0. The zero-order chi connectivity index (χ0) is 17.8. The van der Waals surface area contributed by atoms with E-state index in [-0.39, 0.29) is 0 Å². The average Bonchev–Trinajstić information content (AvgIpc) is 2.61. The lowest BCUT2D eigenvalue weighted by molar-refractivity contribution is 0.289. The molecule has 1 aliphatic rings. The van der Waals surface area contributed by atoms with Gasteiger partial charge in [-0.25, -0.2) is 9.97 Å². The lowest BCUT2D eigenvalue weighted by atomic mass is 9.80. The Morgan fingerprint density at radius 3 is 2.12 bits per heavy atom. The molecule has 2 aromatic rings. The van der Waals surface area contributed by atoms with E-state index in [1.807, 2.05) is 6.92 Å². The minimum Gasteiger partial charge on any atom is -0.238 e. The standard InChI is InChI=1S/C23H32N2/c1-5-22-17(3)23(25-18(4)24-22)15-21-12-10-20(11-13-21)14-19-8-6-16(2)7-9-19/h10-13,16,19H,5-9,14-15H2,1-4H3. The topological polar surface area (TPSA) is 25.8 Å². The molecule has 0 saturated heterocycles. The normalized spacial score (nSPS) is 20.6. The van der Waals surface area contributed by atoms with Crippen molar-refractivity contribution in [3.05, 3.63) is 58.2 Å². The molecular weight excluding hydrogens is 304 g/mol. The quantitative estimate of drug-likeness (QED) is 0.708. The predicted octanol–water partition coefficient (Wildman–Crippen LogP) is 5.62. The van der Waals surface area contributed by atoms with Crippen molar-refractivity contribution in [1.82, 2.24) is 9.97 Å². The number of aromatic nitrogens is 2. The van der Waals surface area contributed by atoms with Crippen molar-refractivity contribution in [2.24, 2.45) is 11.8 Å². The molecule has 134 valence electrons. The molecule has 1 heterocycles. The minimum atomic E-state index is 0.889. The summed E-state index contributed by atoms with van der Waals surface area (Å²) in [6, 6.07) is 9.25. The molecule has 1 aliphatic carbocycles. The van der Waals surface area contributed by atoms with Crippen molar-refractivity contribution < 1.29 is 0 Å². The molecule has 3 rings (SSSR count). The average molecular weight is 337 g/mol. The summed E-state index contributed by atoms with van der Waals surface area (Å²) in [7, 11) is 0. The maximum Gasteiger partial charge on any atom is 0.125 e. The first-order valence-corrected chi connectivity index (χ1v) is 9.96. The zero-order valence-electron chi connectivity index (χ0n) is 16.3. The number of aryl methyl sites for hydroxylation is 2. The summed E-state index contributed by atoms with van der Waals surface area (Å²) in [6.07, 6.45) is 8.76. The highest BCUT2D eigenvalue weighted by Crippen LogP contribution is 2.30. The highest BCUT2D eigenvalue weighted by molar-refractivity contribution is 5.31. The van der Waals surface area contributed by atoms with Crippen LogP contribution < -0.4 is 0 Å². The monoisotopic (exact) mass is 336 g/mol. The highest BCUT2D eigenvalue weighted by Gasteiger charge is 2.18. The van der Waals surface area contributed by atoms with Gasteiger partial charge in [0.1, 0.15) is 5.82 Å². The van der Waals surface area contributed by atoms with E-state index in [1.54, 1.807) is 0 Å². The second-order valence-corrected chi connectivity index (χ2v) is 7.97. The summed E-state index contributed by atoms with van der Waals surface area (Å²) < 4.78 is 0. The van der Waals surface area contributed by atoms with Crippen molar-refractivity contribution in [3.63, 3.8) is 0 Å². The van der Waals surface area contributed by atoms with Gasteiger partial charge in [0.2, 0.25) is 0 Å². The van der Waals surface area contributed by atoms with Gasteiger partial charge in [-0.1, -0.05) is 51.0 Å². The molecule has 2 heteroatoms. The van der Waals surface area contributed by atoms with E-state index in [2.05, 4.69) is 55.0 Å². The third-order valence-corrected chi connectivity index (χ3v) is 5.85. The Morgan fingerprint density at radius 1 is 0.880 bits per heavy atom. The van der Waals surface area contributed by atoms with Gasteiger partial charge in [-0.05, 0) is 68.1 Å². The van der Waals surface area contributed by atoms with Gasteiger partial charge >= 0.3 is 0 Å². The van der Waals surface area contributed by atoms with Gasteiger partial charge in [-0.2, -0.15) is 0 Å². The maximum atomic E-state index is 4.69. The Hall–Kier alpha value is -1.70. The zero-order valence-corrected chi connectivity index (χ0v) is 16.3. The molecule has 0 radical (unpaired) electrons. The Balaban J connectivity index is 1.66. The molecule has 0 unspecified atom stereocenters. The van der Waals surface area contributed by atoms with Gasteiger partial charge in [0, 0.05) is 12.1 Å². The number of hydrogen-bond donors (Lipinski definition) is 0. The molecule has 25 heavy (non-hydrogen) atoms. The van der Waals surface area contributed by atoms with Crippen molar-refractivity contribution in [3.8, 4) is 0 Å². The molecule has 0 spiro atoms. The smallest absolute Gasteiger partial charge is 0.125 e. The van der Waals surface area contributed by atoms with Crippen LogP contribution in [0.3, 0.4) is 0 Å². The molecule has 1 aromatic heterocycles. The van der Waals surface area contributed by atoms with Crippen LogP contribution in [0.15, 0.2) is 24.3 Å². The van der Waals surface area contributed by atoms with Crippen molar-refractivity contribution in [2.75, 3.05) is 0 Å². The molecule has 0 aliphatic heterocycles. The predicted molar refractivity (Wildman–Crippen MR) is 105 cm³/mol. The van der Waals surface area contributed by atoms with Crippen LogP contribution in [0.1, 0.15) is 73.4 Å². The van der Waals surface area contributed by atoms with Gasteiger partial charge in [0.15, 0.2) is 0 Å². The Bertz CT molecular complexity index is 695. The number of benzene rings is 1. The fourth-order valence-electron chi connectivity index (χ4n) is 4.12. The SMILES string of the molecule is CCc1nc(C)nc(Cc2ccc(CC3CCC(C)CC3)cc2)c1C. The third-order valence-electron chi connectivity index (χ3n) is 5.85. The number of hydrogen-bond acceptors (Lipinski definition) is 2. The lowest BCUT2D eigenvalue weighted by Gasteiger charge is -2.26. The first-order valence-electron chi connectivity index (χ1n) is 9.96. The van der Waals surface area contributed by atoms with Crippen LogP contribution in [0, 0.1) is 25.7 Å². The first kappa shape index (κ1) is 18.1. The van der Waals surface area contributed by atoms with E-state index in [9.17, 15) is 0 Å². The largest absolute Gasteiger partial charge is 0.238 e. The van der Waals surface area contributed by atoms with E-state index < -0.39 is 0 Å². The maximum absolute atomic E-state index is 4.69. The van der Waals surface area contributed by atoms with E-state index in [0.717, 1.165) is 30.5 Å². The van der Waals surface area contributed by atoms with Gasteiger partial charge in [-0.15, -0.1) is 0 Å². The van der Waals surface area contributed by atoms with E-state index >= 15 is 0 Å². The molecule has 0 amide bonds. The molecule has 0 N–H and O–H groups in total. The summed E-state index contributed by atoms with van der Waals surface area (Å²) in [5.41, 5.74) is 6.47. The second kappa shape index (κ2) is 8.12. The van der Waals surface area contributed by atoms with Crippen molar-refractivity contribution in [2.45, 2.75) is 72.6 Å². The van der Waals surface area contributed by atoms with Crippen LogP contribution in [0.5, 0.6) is 0 Å². The molecule has 1 saturated carbocycles. The summed E-state index contributed by atoms with van der Waals surface area (Å²) in [6.45, 7) is 8.72. The van der Waals surface area contributed by atoms with Crippen molar-refractivity contribution in [1.29, 1.82) is 0 Å². The Morgan fingerprint density at radius 2 is 1.48 bits per heavy atom. The summed E-state index contributed by atoms with van der Waals surface area (Å²) in [5.74, 6) is 2.72. The fourth-order valence-corrected chi connectivity index (χ4v) is 4.12. The highest BCUT2D eigenvalue weighted by atomic mass is 14.9. The molecule has 0 atom stereocenters. The van der Waals surface area contributed by atoms with E-state index in [1.165, 1.54) is 60.2 Å². The fraction of sp³-hybridized carbons (Fsp3) is 0.565. The van der Waals surface area contributed by atoms with Crippen LogP contribution in [0.2, 0.25) is 0 Å². The summed E-state index contributed by atoms with van der Waals surface area (Å²) in [5, 5.41) is 0. The Labute approximate surface area is 153 Å². The van der Waals surface area contributed by atoms with Gasteiger partial charge in [0.05, 0.1) is 5.69 Å². The lowest BCUT2D eigenvalue weighted by Crippen LogP contribution is -2.14. The minimum absolute atomic E-state index is 0.889. The van der Waals surface area contributed by atoms with E-state index in [0.29, 0.717) is 0 Å². The number of nitrogens with zero attached hydrogens (tertiary/aromatic N) is 2. The van der Waals surface area contributed by atoms with Gasteiger partial charge < -0.3 is 0 Å². The van der Waals surface area contributed by atoms with Gasteiger partial charge in [0.25, 0.3) is 0 Å². The molecule has 1 fully saturated rings. The van der Waals surface area contributed by atoms with Crippen LogP contribution in [-0.2, 0) is 19.3 Å².